The highest BCUT2D eigenvalue weighted by atomic mass is 127. The summed E-state index contributed by atoms with van der Waals surface area (Å²) in [4.78, 5) is 25.3. The van der Waals surface area contributed by atoms with Crippen LogP contribution in [0.4, 0.5) is 4.79 Å². The molecule has 1 N–H and O–H groups in total. The van der Waals surface area contributed by atoms with Crippen LogP contribution in [-0.2, 0) is 4.74 Å². The van der Waals surface area contributed by atoms with E-state index in [1.165, 1.54) is 0 Å². The van der Waals surface area contributed by atoms with Gasteiger partial charge in [0.15, 0.2) is 0 Å². The summed E-state index contributed by atoms with van der Waals surface area (Å²) < 4.78 is 6.07. The molecule has 0 atom stereocenters. The highest BCUT2D eigenvalue weighted by molar-refractivity contribution is 14.1. The molecule has 1 fully saturated rings. The molecule has 1 saturated heterocycles. The fourth-order valence-electron chi connectivity index (χ4n) is 2.12. The number of nitrogens with one attached hydrogen (secondary N) is 1. The summed E-state index contributed by atoms with van der Waals surface area (Å²) in [5.41, 5.74) is 0.715. The number of hydrogen-bond donors (Lipinski definition) is 1. The molecule has 110 valence electrons. The van der Waals surface area contributed by atoms with E-state index in [1.54, 1.807) is 23.2 Å². The van der Waals surface area contributed by atoms with Crippen LogP contribution in [0.15, 0.2) is 11.4 Å². The zero-order chi connectivity index (χ0) is 14.5. The van der Waals surface area contributed by atoms with Crippen molar-refractivity contribution in [2.75, 3.05) is 19.7 Å². The molecule has 2 heterocycles. The van der Waals surface area contributed by atoms with E-state index in [2.05, 4.69) is 27.9 Å². The Hall–Kier alpha value is -0.830. The number of rotatable bonds is 3. The molecule has 0 aromatic carbocycles. The Morgan fingerprint density at radius 3 is 2.75 bits per heavy atom. The fourth-order valence-corrected chi connectivity index (χ4v) is 3.45. The fraction of sp³-hybridized carbons (Fsp3) is 0.538. The molecule has 1 aromatic rings. The largest absolute Gasteiger partial charge is 0.450 e. The highest BCUT2D eigenvalue weighted by Crippen LogP contribution is 2.17. The molecule has 2 amide bonds. The van der Waals surface area contributed by atoms with Gasteiger partial charge in [0.1, 0.15) is 0 Å². The summed E-state index contributed by atoms with van der Waals surface area (Å²) >= 11 is 3.76. The molecule has 0 aliphatic carbocycles. The molecule has 2 rings (SSSR count). The Morgan fingerprint density at radius 2 is 2.20 bits per heavy atom. The molecule has 0 unspecified atom stereocenters. The second kappa shape index (κ2) is 7.26. The van der Waals surface area contributed by atoms with Gasteiger partial charge in [-0.25, -0.2) is 4.79 Å². The highest BCUT2D eigenvalue weighted by Gasteiger charge is 2.24. The number of likely N-dealkylation sites (tertiary alicyclic amines) is 1. The molecule has 5 nitrogen and oxygen atoms in total. The van der Waals surface area contributed by atoms with Gasteiger partial charge in [0.05, 0.1) is 15.1 Å². The molecule has 1 aromatic heterocycles. The minimum absolute atomic E-state index is 0.0289. The van der Waals surface area contributed by atoms with Crippen LogP contribution in [0.1, 0.15) is 30.1 Å². The summed E-state index contributed by atoms with van der Waals surface area (Å²) in [6, 6.07) is 2.01. The third-order valence-electron chi connectivity index (χ3n) is 3.19. The first kappa shape index (κ1) is 15.6. The van der Waals surface area contributed by atoms with E-state index >= 15 is 0 Å². The van der Waals surface area contributed by atoms with Crippen LogP contribution in [0.3, 0.4) is 0 Å². The van der Waals surface area contributed by atoms with E-state index in [-0.39, 0.29) is 18.0 Å². The zero-order valence-electron chi connectivity index (χ0n) is 11.2. The Bertz CT molecular complexity index is 484. The Balaban J connectivity index is 1.80. The minimum atomic E-state index is -0.260. The molecule has 7 heteroatoms. The van der Waals surface area contributed by atoms with Crippen molar-refractivity contribution in [3.05, 3.63) is 19.9 Å². The van der Waals surface area contributed by atoms with Crippen LogP contribution in [0.2, 0.25) is 0 Å². The summed E-state index contributed by atoms with van der Waals surface area (Å²) in [5, 5.41) is 4.89. The second-order valence-electron chi connectivity index (χ2n) is 4.57. The maximum absolute atomic E-state index is 12.0. The number of amides is 2. The van der Waals surface area contributed by atoms with Gasteiger partial charge in [-0.2, -0.15) is 0 Å². The SMILES string of the molecule is CCOC(=O)N1CCC(NC(=O)c2csc(I)c2)CC1. The van der Waals surface area contributed by atoms with Gasteiger partial charge < -0.3 is 15.0 Å². The van der Waals surface area contributed by atoms with E-state index in [4.69, 9.17) is 4.74 Å². The van der Waals surface area contributed by atoms with E-state index in [9.17, 15) is 9.59 Å². The lowest BCUT2D eigenvalue weighted by atomic mass is 10.1. The van der Waals surface area contributed by atoms with Gasteiger partial charge in [-0.05, 0) is 48.4 Å². The third-order valence-corrected chi connectivity index (χ3v) is 4.97. The van der Waals surface area contributed by atoms with Gasteiger partial charge in [0, 0.05) is 24.5 Å². The molecule has 1 aliphatic rings. The molecule has 1 aliphatic heterocycles. The first-order chi connectivity index (χ1) is 9.60. The Labute approximate surface area is 135 Å². The summed E-state index contributed by atoms with van der Waals surface area (Å²) in [6.07, 6.45) is 1.28. The smallest absolute Gasteiger partial charge is 0.409 e. The number of carbonyl (C=O) groups is 2. The van der Waals surface area contributed by atoms with Gasteiger partial charge >= 0.3 is 6.09 Å². The van der Waals surface area contributed by atoms with Crippen molar-refractivity contribution >= 4 is 45.9 Å². The van der Waals surface area contributed by atoms with Crippen molar-refractivity contribution in [2.24, 2.45) is 0 Å². The lowest BCUT2D eigenvalue weighted by Crippen LogP contribution is -2.46. The first-order valence-electron chi connectivity index (χ1n) is 6.56. The van der Waals surface area contributed by atoms with Crippen LogP contribution >= 0.6 is 33.9 Å². The normalized spacial score (nSPS) is 16.0. The number of thiophene rings is 1. The van der Waals surface area contributed by atoms with Crippen LogP contribution in [0.25, 0.3) is 0 Å². The van der Waals surface area contributed by atoms with Gasteiger partial charge in [0.2, 0.25) is 0 Å². The van der Waals surface area contributed by atoms with Crippen LogP contribution in [-0.4, -0.2) is 42.6 Å². The predicted octanol–water partition coefficient (Wildman–Crippen LogP) is 2.70. The number of nitrogens with zero attached hydrogens (tertiary/aromatic N) is 1. The summed E-state index contributed by atoms with van der Waals surface area (Å²) in [6.45, 7) is 3.45. The third kappa shape index (κ3) is 4.08. The lowest BCUT2D eigenvalue weighted by Gasteiger charge is -2.31. The molecule has 0 radical (unpaired) electrons. The predicted molar refractivity (Wildman–Crippen MR) is 86.1 cm³/mol. The maximum Gasteiger partial charge on any atom is 0.409 e. The number of carbonyl (C=O) groups excluding carboxylic acids is 2. The average Bonchev–Trinajstić information content (AvgIpc) is 2.86. The van der Waals surface area contributed by atoms with Gasteiger partial charge in [-0.15, -0.1) is 11.3 Å². The summed E-state index contributed by atoms with van der Waals surface area (Å²) in [7, 11) is 0. The van der Waals surface area contributed by atoms with E-state index in [0.29, 0.717) is 25.3 Å². The van der Waals surface area contributed by atoms with Crippen molar-refractivity contribution in [3.63, 3.8) is 0 Å². The van der Waals surface area contributed by atoms with Crippen molar-refractivity contribution in [3.8, 4) is 0 Å². The Kier molecular flexibility index (Phi) is 5.64. The number of ether oxygens (including phenoxy) is 1. The molecule has 0 bridgehead atoms. The van der Waals surface area contributed by atoms with Crippen molar-refractivity contribution in [2.45, 2.75) is 25.8 Å². The molecular formula is C13H17IN2O3S. The topological polar surface area (TPSA) is 58.6 Å². The molecule has 20 heavy (non-hydrogen) atoms. The molecular weight excluding hydrogens is 391 g/mol. The van der Waals surface area contributed by atoms with Gasteiger partial charge in [0.25, 0.3) is 5.91 Å². The van der Waals surface area contributed by atoms with Crippen molar-refractivity contribution in [1.29, 1.82) is 0 Å². The van der Waals surface area contributed by atoms with Gasteiger partial charge in [-0.3, -0.25) is 4.79 Å². The minimum Gasteiger partial charge on any atom is -0.450 e. The van der Waals surface area contributed by atoms with Crippen LogP contribution in [0, 0.1) is 2.88 Å². The van der Waals surface area contributed by atoms with Crippen molar-refractivity contribution < 1.29 is 14.3 Å². The second-order valence-corrected chi connectivity index (χ2v) is 7.38. The zero-order valence-corrected chi connectivity index (χ0v) is 14.2. The van der Waals surface area contributed by atoms with E-state index < -0.39 is 0 Å². The lowest BCUT2D eigenvalue weighted by molar-refractivity contribution is 0.0860. The van der Waals surface area contributed by atoms with Crippen LogP contribution < -0.4 is 5.32 Å². The van der Waals surface area contributed by atoms with E-state index in [1.807, 2.05) is 11.4 Å². The van der Waals surface area contributed by atoms with E-state index in [0.717, 1.165) is 15.7 Å². The molecule has 0 saturated carbocycles. The summed E-state index contributed by atoms with van der Waals surface area (Å²) in [5.74, 6) is -0.0289. The molecule has 0 spiro atoms. The number of piperidine rings is 1. The first-order valence-corrected chi connectivity index (χ1v) is 8.52. The van der Waals surface area contributed by atoms with Gasteiger partial charge in [-0.1, -0.05) is 0 Å². The van der Waals surface area contributed by atoms with Crippen LogP contribution in [0.5, 0.6) is 0 Å². The Morgan fingerprint density at radius 1 is 1.50 bits per heavy atom. The standard InChI is InChI=1S/C13H17IN2O3S/c1-2-19-13(18)16-5-3-10(4-6-16)15-12(17)9-7-11(14)20-8-9/h7-8,10H,2-6H2,1H3,(H,15,17). The number of halogens is 1. The average molecular weight is 408 g/mol. The maximum atomic E-state index is 12.0. The monoisotopic (exact) mass is 408 g/mol. The number of hydrogen-bond acceptors (Lipinski definition) is 4. The van der Waals surface area contributed by atoms with Crippen molar-refractivity contribution in [1.82, 2.24) is 10.2 Å². The quantitative estimate of drug-likeness (QED) is 0.783.